The topological polar surface area (TPSA) is 75.6 Å². The zero-order valence-electron chi connectivity index (χ0n) is 11.4. The maximum atomic E-state index is 12.0. The SMILES string of the molecule is O=C(NCc1ccc(OCC(F)(F)F)cc1)[C@H]1C[C@H]1C(=O)O. The first-order chi connectivity index (χ1) is 10.3. The summed E-state index contributed by atoms with van der Waals surface area (Å²) in [6.07, 6.45) is -4.05. The lowest BCUT2D eigenvalue weighted by atomic mass is 10.2. The molecule has 1 amide bonds. The van der Waals surface area contributed by atoms with Crippen LogP contribution >= 0.6 is 0 Å². The smallest absolute Gasteiger partial charge is 0.422 e. The maximum Gasteiger partial charge on any atom is 0.422 e. The second kappa shape index (κ2) is 6.25. The van der Waals surface area contributed by atoms with Gasteiger partial charge < -0.3 is 15.2 Å². The van der Waals surface area contributed by atoms with Gasteiger partial charge in [0.15, 0.2) is 6.61 Å². The Morgan fingerprint density at radius 1 is 1.23 bits per heavy atom. The van der Waals surface area contributed by atoms with Gasteiger partial charge in [-0.25, -0.2) is 0 Å². The average Bonchev–Trinajstić information content (AvgIpc) is 3.23. The van der Waals surface area contributed by atoms with Gasteiger partial charge in [-0.15, -0.1) is 0 Å². The van der Waals surface area contributed by atoms with Crippen LogP contribution in [0.4, 0.5) is 13.2 Å². The Hall–Kier alpha value is -2.25. The first-order valence-electron chi connectivity index (χ1n) is 6.55. The van der Waals surface area contributed by atoms with Crippen molar-refractivity contribution in [2.24, 2.45) is 11.8 Å². The summed E-state index contributed by atoms with van der Waals surface area (Å²) in [5.74, 6) is -2.33. The predicted octanol–water partition coefficient (Wildman–Crippen LogP) is 1.96. The molecule has 5 nitrogen and oxygen atoms in total. The summed E-state index contributed by atoms with van der Waals surface area (Å²) in [6.45, 7) is -1.18. The summed E-state index contributed by atoms with van der Waals surface area (Å²) >= 11 is 0. The van der Waals surface area contributed by atoms with Crippen LogP contribution in [0.15, 0.2) is 24.3 Å². The van der Waals surface area contributed by atoms with E-state index in [0.717, 1.165) is 0 Å². The van der Waals surface area contributed by atoms with Crippen molar-refractivity contribution in [3.05, 3.63) is 29.8 Å². The van der Waals surface area contributed by atoms with Gasteiger partial charge in [-0.05, 0) is 24.1 Å². The Labute approximate surface area is 124 Å². The van der Waals surface area contributed by atoms with Gasteiger partial charge in [-0.3, -0.25) is 9.59 Å². The number of rotatable bonds is 6. The Kier molecular flexibility index (Phi) is 4.58. The number of carboxylic acid groups (broad SMARTS) is 1. The number of ether oxygens (including phenoxy) is 1. The van der Waals surface area contributed by atoms with Crippen LogP contribution in [0, 0.1) is 11.8 Å². The van der Waals surface area contributed by atoms with E-state index < -0.39 is 30.6 Å². The third-order valence-electron chi connectivity index (χ3n) is 3.24. The Bertz CT molecular complexity index is 556. The van der Waals surface area contributed by atoms with Gasteiger partial charge in [-0.2, -0.15) is 13.2 Å². The molecule has 0 aliphatic heterocycles. The molecule has 0 heterocycles. The quantitative estimate of drug-likeness (QED) is 0.841. The third kappa shape index (κ3) is 4.64. The number of amides is 1. The minimum absolute atomic E-state index is 0.0838. The second-order valence-corrected chi connectivity index (χ2v) is 5.05. The normalized spacial score (nSPS) is 20.3. The number of carbonyl (C=O) groups excluding carboxylic acids is 1. The highest BCUT2D eigenvalue weighted by Gasteiger charge is 2.48. The fourth-order valence-electron chi connectivity index (χ4n) is 1.95. The van der Waals surface area contributed by atoms with E-state index in [1.807, 2.05) is 0 Å². The minimum Gasteiger partial charge on any atom is -0.484 e. The van der Waals surface area contributed by atoms with Crippen molar-refractivity contribution in [2.75, 3.05) is 6.61 Å². The molecule has 1 saturated carbocycles. The first kappa shape index (κ1) is 16.1. The summed E-state index contributed by atoms with van der Waals surface area (Å²) in [6, 6.07) is 5.83. The van der Waals surface area contributed by atoms with Gasteiger partial charge in [-0.1, -0.05) is 12.1 Å². The first-order valence-corrected chi connectivity index (χ1v) is 6.55. The molecule has 1 aromatic carbocycles. The van der Waals surface area contributed by atoms with Crippen LogP contribution in [0.25, 0.3) is 0 Å². The van der Waals surface area contributed by atoms with Crippen molar-refractivity contribution < 1.29 is 32.6 Å². The Balaban J connectivity index is 1.77. The predicted molar refractivity (Wildman–Crippen MR) is 69.1 cm³/mol. The van der Waals surface area contributed by atoms with E-state index in [9.17, 15) is 22.8 Å². The molecule has 0 bridgehead atoms. The van der Waals surface area contributed by atoms with Crippen LogP contribution in [0.5, 0.6) is 5.75 Å². The van der Waals surface area contributed by atoms with Crippen molar-refractivity contribution in [1.29, 1.82) is 0 Å². The molecular weight excluding hydrogens is 303 g/mol. The summed E-state index contributed by atoms with van der Waals surface area (Å²) in [4.78, 5) is 22.3. The molecule has 2 atom stereocenters. The van der Waals surface area contributed by atoms with Crippen molar-refractivity contribution in [1.82, 2.24) is 5.32 Å². The number of halogens is 3. The molecular formula is C14H14F3NO4. The highest BCUT2D eigenvalue weighted by molar-refractivity contribution is 5.89. The van der Waals surface area contributed by atoms with Gasteiger partial charge in [0, 0.05) is 6.54 Å². The molecule has 0 unspecified atom stereocenters. The molecule has 0 spiro atoms. The molecule has 0 saturated heterocycles. The molecule has 1 aliphatic carbocycles. The van der Waals surface area contributed by atoms with Crippen molar-refractivity contribution in [3.63, 3.8) is 0 Å². The van der Waals surface area contributed by atoms with Crippen LogP contribution < -0.4 is 10.1 Å². The summed E-state index contributed by atoms with van der Waals surface area (Å²) in [7, 11) is 0. The van der Waals surface area contributed by atoms with Crippen molar-refractivity contribution >= 4 is 11.9 Å². The monoisotopic (exact) mass is 317 g/mol. The van der Waals surface area contributed by atoms with E-state index in [4.69, 9.17) is 5.11 Å². The number of hydrogen-bond donors (Lipinski definition) is 2. The van der Waals surface area contributed by atoms with Gasteiger partial charge in [0.05, 0.1) is 11.8 Å². The van der Waals surface area contributed by atoms with Gasteiger partial charge in [0.25, 0.3) is 0 Å². The standard InChI is InChI=1S/C14H14F3NO4/c15-14(16,17)7-22-9-3-1-8(2-4-9)6-18-12(19)10-5-11(10)13(20)21/h1-4,10-11H,5-7H2,(H,18,19)(H,20,21)/t10-,11+/m0/s1. The number of carbonyl (C=O) groups is 2. The number of nitrogens with one attached hydrogen (secondary N) is 1. The molecule has 0 radical (unpaired) electrons. The van der Waals surface area contributed by atoms with Crippen molar-refractivity contribution in [2.45, 2.75) is 19.1 Å². The zero-order valence-corrected chi connectivity index (χ0v) is 11.4. The summed E-state index contributed by atoms with van der Waals surface area (Å²) in [5, 5.41) is 11.3. The number of aliphatic carboxylic acids is 1. The fourth-order valence-corrected chi connectivity index (χ4v) is 1.95. The lowest BCUT2D eigenvalue weighted by Crippen LogP contribution is -2.25. The third-order valence-corrected chi connectivity index (χ3v) is 3.24. The molecule has 8 heteroatoms. The van der Waals surface area contributed by atoms with E-state index in [2.05, 4.69) is 10.1 Å². The Morgan fingerprint density at radius 2 is 1.86 bits per heavy atom. The fraction of sp³-hybridized carbons (Fsp3) is 0.429. The lowest BCUT2D eigenvalue weighted by molar-refractivity contribution is -0.153. The molecule has 22 heavy (non-hydrogen) atoms. The molecule has 2 N–H and O–H groups in total. The van der Waals surface area contributed by atoms with E-state index in [0.29, 0.717) is 12.0 Å². The lowest BCUT2D eigenvalue weighted by Gasteiger charge is -2.10. The second-order valence-electron chi connectivity index (χ2n) is 5.05. The number of benzene rings is 1. The van der Waals surface area contributed by atoms with Crippen LogP contribution in [0.1, 0.15) is 12.0 Å². The largest absolute Gasteiger partial charge is 0.484 e. The van der Waals surface area contributed by atoms with E-state index in [1.54, 1.807) is 0 Å². The molecule has 1 fully saturated rings. The van der Waals surface area contributed by atoms with Crippen LogP contribution in [0.3, 0.4) is 0 Å². The maximum absolute atomic E-state index is 12.0. The van der Waals surface area contributed by atoms with Gasteiger partial charge in [0.2, 0.25) is 5.91 Å². The van der Waals surface area contributed by atoms with Crippen LogP contribution in [-0.4, -0.2) is 29.8 Å². The average molecular weight is 317 g/mol. The highest BCUT2D eigenvalue weighted by Crippen LogP contribution is 2.38. The van der Waals surface area contributed by atoms with Crippen molar-refractivity contribution in [3.8, 4) is 5.75 Å². The summed E-state index contributed by atoms with van der Waals surface area (Å²) in [5.41, 5.74) is 0.681. The Morgan fingerprint density at radius 3 is 2.36 bits per heavy atom. The van der Waals surface area contributed by atoms with Gasteiger partial charge in [0.1, 0.15) is 5.75 Å². The van der Waals surface area contributed by atoms with Gasteiger partial charge >= 0.3 is 12.1 Å². The van der Waals surface area contributed by atoms with E-state index >= 15 is 0 Å². The zero-order chi connectivity index (χ0) is 16.3. The molecule has 1 aliphatic rings. The minimum atomic E-state index is -4.39. The van der Waals surface area contributed by atoms with Crippen LogP contribution in [-0.2, 0) is 16.1 Å². The number of alkyl halides is 3. The van der Waals surface area contributed by atoms with E-state index in [1.165, 1.54) is 24.3 Å². The summed E-state index contributed by atoms with van der Waals surface area (Å²) < 4.78 is 40.5. The molecule has 0 aromatic heterocycles. The number of carboxylic acids is 1. The molecule has 2 rings (SSSR count). The van der Waals surface area contributed by atoms with Crippen LogP contribution in [0.2, 0.25) is 0 Å². The molecule has 120 valence electrons. The molecule has 1 aromatic rings. The highest BCUT2D eigenvalue weighted by atomic mass is 19.4. The van der Waals surface area contributed by atoms with E-state index in [-0.39, 0.29) is 18.2 Å². The number of hydrogen-bond acceptors (Lipinski definition) is 3.